The lowest BCUT2D eigenvalue weighted by Gasteiger charge is -2.14. The molecule has 4 heteroatoms. The van der Waals surface area contributed by atoms with E-state index in [9.17, 15) is 9.59 Å². The number of benzene rings is 1. The number of carbonyl (C=O) groups is 2. The zero-order valence-electron chi connectivity index (χ0n) is 10.4. The number of likely N-dealkylation sites (N-methyl/N-ethyl adjacent to an activating group) is 1. The van der Waals surface area contributed by atoms with Gasteiger partial charge in [-0.3, -0.25) is 4.79 Å². The number of nitrogens with zero attached hydrogens (tertiary/aromatic N) is 1. The average molecular weight is 245 g/mol. The minimum atomic E-state index is -0.951. The van der Waals surface area contributed by atoms with Crippen LogP contribution in [0.4, 0.5) is 0 Å². The van der Waals surface area contributed by atoms with Crippen molar-refractivity contribution in [3.05, 3.63) is 35.4 Å². The van der Waals surface area contributed by atoms with Gasteiger partial charge in [-0.25, -0.2) is 4.79 Å². The van der Waals surface area contributed by atoms with Gasteiger partial charge in [0.1, 0.15) is 0 Å². The van der Waals surface area contributed by atoms with Crippen LogP contribution in [0.1, 0.15) is 22.8 Å². The molecule has 1 aromatic carbocycles. The summed E-state index contributed by atoms with van der Waals surface area (Å²) in [4.78, 5) is 23.9. The molecule has 0 aromatic heterocycles. The molecule has 0 spiro atoms. The Morgan fingerprint density at radius 3 is 2.61 bits per heavy atom. The number of carboxylic acids is 1. The van der Waals surface area contributed by atoms with Crippen molar-refractivity contribution in [2.45, 2.75) is 13.3 Å². The van der Waals surface area contributed by atoms with Crippen LogP contribution in [0.15, 0.2) is 24.3 Å². The third kappa shape index (κ3) is 3.63. The first kappa shape index (κ1) is 13.8. The van der Waals surface area contributed by atoms with Crippen molar-refractivity contribution in [3.63, 3.8) is 0 Å². The van der Waals surface area contributed by atoms with Crippen molar-refractivity contribution in [2.24, 2.45) is 0 Å². The predicted octanol–water partition coefficient (Wildman–Crippen LogP) is 1.41. The molecule has 0 bridgehead atoms. The van der Waals surface area contributed by atoms with Gasteiger partial charge in [-0.05, 0) is 30.9 Å². The standard InChI is InChI=1S/C14H15NO3/c1-3-6-13(16)15(2)10-9-11-7-4-5-8-12(11)14(17)18/h4-5,7-8H,9-10H2,1-2H3,(H,17,18). The van der Waals surface area contributed by atoms with Gasteiger partial charge in [-0.15, -0.1) is 0 Å². The molecular formula is C14H15NO3. The number of amides is 1. The number of hydrogen-bond acceptors (Lipinski definition) is 2. The quantitative estimate of drug-likeness (QED) is 0.816. The van der Waals surface area contributed by atoms with Gasteiger partial charge in [0.25, 0.3) is 5.91 Å². The SMILES string of the molecule is CC#CC(=O)N(C)CCc1ccccc1C(=O)O. The van der Waals surface area contributed by atoms with Crippen LogP contribution in [0.2, 0.25) is 0 Å². The fourth-order valence-corrected chi connectivity index (χ4v) is 1.54. The predicted molar refractivity (Wildman–Crippen MR) is 68.2 cm³/mol. The average Bonchev–Trinajstić information content (AvgIpc) is 2.36. The van der Waals surface area contributed by atoms with Crippen molar-refractivity contribution in [1.82, 2.24) is 4.90 Å². The number of carbonyl (C=O) groups excluding carboxylic acids is 1. The Bertz CT molecular complexity index is 511. The molecular weight excluding hydrogens is 230 g/mol. The smallest absolute Gasteiger partial charge is 0.335 e. The van der Waals surface area contributed by atoms with E-state index in [-0.39, 0.29) is 11.5 Å². The van der Waals surface area contributed by atoms with Crippen molar-refractivity contribution in [1.29, 1.82) is 0 Å². The highest BCUT2D eigenvalue weighted by Gasteiger charge is 2.11. The highest BCUT2D eigenvalue weighted by Crippen LogP contribution is 2.09. The highest BCUT2D eigenvalue weighted by atomic mass is 16.4. The van der Waals surface area contributed by atoms with Gasteiger partial charge in [0, 0.05) is 13.6 Å². The van der Waals surface area contributed by atoms with Gasteiger partial charge in [0.2, 0.25) is 0 Å². The summed E-state index contributed by atoms with van der Waals surface area (Å²) < 4.78 is 0. The van der Waals surface area contributed by atoms with Gasteiger partial charge in [-0.2, -0.15) is 0 Å². The van der Waals surface area contributed by atoms with Crippen LogP contribution in [0.3, 0.4) is 0 Å². The van der Waals surface area contributed by atoms with Crippen LogP contribution in [0.5, 0.6) is 0 Å². The van der Waals surface area contributed by atoms with E-state index in [2.05, 4.69) is 11.8 Å². The molecule has 1 aromatic rings. The zero-order chi connectivity index (χ0) is 13.5. The number of hydrogen-bond donors (Lipinski definition) is 1. The van der Waals surface area contributed by atoms with E-state index in [0.29, 0.717) is 18.5 Å². The van der Waals surface area contributed by atoms with Crippen molar-refractivity contribution < 1.29 is 14.7 Å². The summed E-state index contributed by atoms with van der Waals surface area (Å²) >= 11 is 0. The summed E-state index contributed by atoms with van der Waals surface area (Å²) in [6, 6.07) is 6.79. The summed E-state index contributed by atoms with van der Waals surface area (Å²) in [6.45, 7) is 2.04. The van der Waals surface area contributed by atoms with E-state index in [1.54, 1.807) is 38.2 Å². The van der Waals surface area contributed by atoms with E-state index >= 15 is 0 Å². The van der Waals surface area contributed by atoms with Crippen LogP contribution < -0.4 is 0 Å². The van der Waals surface area contributed by atoms with Crippen LogP contribution >= 0.6 is 0 Å². The first-order valence-electron chi connectivity index (χ1n) is 5.55. The molecule has 0 saturated heterocycles. The molecule has 0 heterocycles. The molecule has 0 aliphatic heterocycles. The summed E-state index contributed by atoms with van der Waals surface area (Å²) in [6.07, 6.45) is 0.496. The van der Waals surface area contributed by atoms with Crippen LogP contribution in [-0.4, -0.2) is 35.5 Å². The third-order valence-electron chi connectivity index (χ3n) is 2.54. The monoisotopic (exact) mass is 245 g/mol. The van der Waals surface area contributed by atoms with E-state index in [4.69, 9.17) is 5.11 Å². The normalized spacial score (nSPS) is 9.22. The molecule has 94 valence electrons. The lowest BCUT2D eigenvalue weighted by atomic mass is 10.0. The molecule has 0 unspecified atom stereocenters. The zero-order valence-corrected chi connectivity index (χ0v) is 10.4. The van der Waals surface area contributed by atoms with Gasteiger partial charge in [-0.1, -0.05) is 24.1 Å². The molecule has 4 nitrogen and oxygen atoms in total. The number of carboxylic acid groups (broad SMARTS) is 1. The van der Waals surface area contributed by atoms with Crippen LogP contribution in [0, 0.1) is 11.8 Å². The minimum Gasteiger partial charge on any atom is -0.478 e. The first-order valence-corrected chi connectivity index (χ1v) is 5.55. The Hall–Kier alpha value is -2.28. The highest BCUT2D eigenvalue weighted by molar-refractivity contribution is 5.93. The number of aromatic carboxylic acids is 1. The Balaban J connectivity index is 2.71. The molecule has 0 saturated carbocycles. The second-order valence-electron chi connectivity index (χ2n) is 3.81. The topological polar surface area (TPSA) is 57.6 Å². The van der Waals surface area contributed by atoms with Gasteiger partial charge < -0.3 is 10.0 Å². The summed E-state index contributed by atoms with van der Waals surface area (Å²) in [7, 11) is 1.65. The maximum Gasteiger partial charge on any atom is 0.335 e. The van der Waals surface area contributed by atoms with Crippen LogP contribution in [0.25, 0.3) is 0 Å². The molecule has 0 fully saturated rings. The van der Waals surface area contributed by atoms with Crippen LogP contribution in [-0.2, 0) is 11.2 Å². The largest absolute Gasteiger partial charge is 0.478 e. The Morgan fingerprint density at radius 1 is 1.33 bits per heavy atom. The van der Waals surface area contributed by atoms with E-state index in [0.717, 1.165) is 0 Å². The maximum absolute atomic E-state index is 11.4. The first-order chi connectivity index (χ1) is 8.56. The molecule has 18 heavy (non-hydrogen) atoms. The Kier molecular flexibility index (Phi) is 4.94. The van der Waals surface area contributed by atoms with Crippen molar-refractivity contribution >= 4 is 11.9 Å². The van der Waals surface area contributed by atoms with Crippen molar-refractivity contribution in [2.75, 3.05) is 13.6 Å². The molecule has 0 aliphatic rings. The fraction of sp³-hybridized carbons (Fsp3) is 0.286. The van der Waals surface area contributed by atoms with Gasteiger partial charge >= 0.3 is 5.97 Å². The fourth-order valence-electron chi connectivity index (χ4n) is 1.54. The molecule has 0 radical (unpaired) electrons. The lowest BCUT2D eigenvalue weighted by Crippen LogP contribution is -2.27. The van der Waals surface area contributed by atoms with E-state index < -0.39 is 5.97 Å². The van der Waals surface area contributed by atoms with E-state index in [1.165, 1.54) is 4.90 Å². The van der Waals surface area contributed by atoms with Gasteiger partial charge in [0.05, 0.1) is 5.56 Å². The number of rotatable bonds is 4. The maximum atomic E-state index is 11.4. The minimum absolute atomic E-state index is 0.259. The summed E-state index contributed by atoms with van der Waals surface area (Å²) in [5, 5.41) is 9.02. The lowest BCUT2D eigenvalue weighted by molar-refractivity contribution is -0.123. The summed E-state index contributed by atoms with van der Waals surface area (Å²) in [5.41, 5.74) is 0.994. The molecule has 0 aliphatic carbocycles. The Morgan fingerprint density at radius 2 is 2.00 bits per heavy atom. The molecule has 0 atom stereocenters. The molecule has 1 amide bonds. The second kappa shape index (κ2) is 6.45. The van der Waals surface area contributed by atoms with Gasteiger partial charge in [0.15, 0.2) is 0 Å². The molecule has 1 N–H and O–H groups in total. The second-order valence-corrected chi connectivity index (χ2v) is 3.81. The summed E-state index contributed by atoms with van der Waals surface area (Å²) in [5.74, 6) is 3.77. The molecule has 1 rings (SSSR count). The third-order valence-corrected chi connectivity index (χ3v) is 2.54. The van der Waals surface area contributed by atoms with Crippen molar-refractivity contribution in [3.8, 4) is 11.8 Å². The van der Waals surface area contributed by atoms with E-state index in [1.807, 2.05) is 0 Å². The Labute approximate surface area is 106 Å².